The maximum Gasteiger partial charge on any atom is 0.417 e. The number of para-hydroxylation sites is 1. The fraction of sp³-hybridized carbons (Fsp3) is 0.111. The number of aromatic nitrogens is 1. The highest BCUT2D eigenvalue weighted by Crippen LogP contribution is 2.15. The summed E-state index contributed by atoms with van der Waals surface area (Å²) < 4.78 is 4.94. The molecule has 6 nitrogen and oxygen atoms in total. The number of oxazole rings is 1. The lowest BCUT2D eigenvalue weighted by molar-refractivity contribution is 0.317. The molecule has 2 aromatic rings. The van der Waals surface area contributed by atoms with E-state index < -0.39 is 5.76 Å². The van der Waals surface area contributed by atoms with E-state index >= 15 is 0 Å². The molecule has 4 N–H and O–H groups in total. The van der Waals surface area contributed by atoms with Gasteiger partial charge in [-0.3, -0.25) is 4.98 Å². The molecule has 0 unspecified atom stereocenters. The summed E-state index contributed by atoms with van der Waals surface area (Å²) in [6.45, 7) is 0. The van der Waals surface area contributed by atoms with Crippen LogP contribution in [0.1, 0.15) is 5.56 Å². The van der Waals surface area contributed by atoms with Gasteiger partial charge in [0.25, 0.3) is 0 Å². The summed E-state index contributed by atoms with van der Waals surface area (Å²) in [5.41, 5.74) is 7.11. The van der Waals surface area contributed by atoms with E-state index in [-0.39, 0.29) is 12.3 Å². The predicted octanol–water partition coefficient (Wildman–Crippen LogP) is 0.410. The number of H-pyrrole nitrogens is 1. The number of benzene rings is 1. The van der Waals surface area contributed by atoms with Crippen LogP contribution in [0.15, 0.2) is 32.6 Å². The number of amidine groups is 1. The second kappa shape index (κ2) is 3.49. The van der Waals surface area contributed by atoms with Gasteiger partial charge >= 0.3 is 5.76 Å². The van der Waals surface area contributed by atoms with Crippen LogP contribution >= 0.6 is 0 Å². The Morgan fingerprint density at radius 1 is 1.60 bits per heavy atom. The fourth-order valence-electron chi connectivity index (χ4n) is 1.40. The van der Waals surface area contributed by atoms with Gasteiger partial charge in [0.1, 0.15) is 5.84 Å². The molecule has 0 spiro atoms. The Hall–Kier alpha value is -2.24. The first kappa shape index (κ1) is 9.32. The number of hydrogen-bond donors (Lipinski definition) is 3. The minimum atomic E-state index is -0.517. The van der Waals surface area contributed by atoms with Crippen LogP contribution in [0.25, 0.3) is 11.1 Å². The normalized spacial score (nSPS) is 12.1. The maximum atomic E-state index is 11.0. The lowest BCUT2D eigenvalue weighted by Crippen LogP contribution is -2.14. The Balaban J connectivity index is 2.55. The summed E-state index contributed by atoms with van der Waals surface area (Å²) in [5, 5.41) is 11.3. The van der Waals surface area contributed by atoms with E-state index in [1.54, 1.807) is 18.2 Å². The number of oxime groups is 1. The molecule has 0 amide bonds. The van der Waals surface area contributed by atoms with Crippen molar-refractivity contribution in [1.82, 2.24) is 4.98 Å². The van der Waals surface area contributed by atoms with E-state index in [4.69, 9.17) is 15.4 Å². The second-order valence-corrected chi connectivity index (χ2v) is 3.08. The molecule has 1 aromatic heterocycles. The van der Waals surface area contributed by atoms with Crippen molar-refractivity contribution in [2.75, 3.05) is 0 Å². The average Bonchev–Trinajstić information content (AvgIpc) is 2.59. The molecule has 0 radical (unpaired) electrons. The SMILES string of the molecule is N/C(Cc1cccc2[nH]c(=O)oc12)=N\O. The van der Waals surface area contributed by atoms with Crippen LogP contribution in [-0.4, -0.2) is 16.0 Å². The number of aromatic amines is 1. The van der Waals surface area contributed by atoms with Gasteiger partial charge in [-0.15, -0.1) is 0 Å². The van der Waals surface area contributed by atoms with Crippen LogP contribution in [-0.2, 0) is 6.42 Å². The van der Waals surface area contributed by atoms with E-state index in [9.17, 15) is 4.79 Å². The Kier molecular flexibility index (Phi) is 2.17. The van der Waals surface area contributed by atoms with Crippen molar-refractivity contribution in [2.24, 2.45) is 10.9 Å². The molecule has 1 heterocycles. The van der Waals surface area contributed by atoms with Crippen molar-refractivity contribution in [3.8, 4) is 0 Å². The van der Waals surface area contributed by atoms with Crippen molar-refractivity contribution < 1.29 is 9.62 Å². The van der Waals surface area contributed by atoms with E-state index in [1.807, 2.05) is 0 Å². The third kappa shape index (κ3) is 1.69. The first-order valence-corrected chi connectivity index (χ1v) is 4.28. The predicted molar refractivity (Wildman–Crippen MR) is 53.9 cm³/mol. The quantitative estimate of drug-likeness (QED) is 0.287. The van der Waals surface area contributed by atoms with E-state index in [2.05, 4.69) is 10.1 Å². The highest BCUT2D eigenvalue weighted by atomic mass is 16.4. The number of nitrogens with two attached hydrogens (primary N) is 1. The highest BCUT2D eigenvalue weighted by Gasteiger charge is 2.07. The Morgan fingerprint density at radius 2 is 2.40 bits per heavy atom. The Labute approximate surface area is 84.0 Å². The minimum absolute atomic E-state index is 0.0614. The van der Waals surface area contributed by atoms with Crippen molar-refractivity contribution >= 4 is 16.9 Å². The molecule has 0 fully saturated rings. The van der Waals surface area contributed by atoms with Crippen LogP contribution in [0.2, 0.25) is 0 Å². The van der Waals surface area contributed by atoms with Gasteiger partial charge in [-0.05, 0) is 6.07 Å². The first-order chi connectivity index (χ1) is 7.20. The smallest absolute Gasteiger partial charge is 0.409 e. The molecule has 15 heavy (non-hydrogen) atoms. The third-order valence-corrected chi connectivity index (χ3v) is 2.03. The van der Waals surface area contributed by atoms with Gasteiger partial charge in [-0.2, -0.15) is 0 Å². The van der Waals surface area contributed by atoms with Gasteiger partial charge in [-0.1, -0.05) is 17.3 Å². The topological polar surface area (TPSA) is 105 Å². The van der Waals surface area contributed by atoms with Crippen LogP contribution < -0.4 is 11.5 Å². The van der Waals surface area contributed by atoms with Gasteiger partial charge in [0, 0.05) is 12.0 Å². The largest absolute Gasteiger partial charge is 0.417 e. The molecule has 1 aromatic carbocycles. The molecule has 0 saturated heterocycles. The van der Waals surface area contributed by atoms with E-state index in [0.717, 1.165) is 0 Å². The van der Waals surface area contributed by atoms with Crippen molar-refractivity contribution in [3.63, 3.8) is 0 Å². The molecule has 78 valence electrons. The molecule has 0 bridgehead atoms. The van der Waals surface area contributed by atoms with E-state index in [0.29, 0.717) is 16.7 Å². The molecule has 0 aliphatic carbocycles. The summed E-state index contributed by atoms with van der Waals surface area (Å²) in [5.74, 6) is -0.455. The van der Waals surface area contributed by atoms with Crippen LogP contribution in [0.3, 0.4) is 0 Å². The second-order valence-electron chi connectivity index (χ2n) is 3.08. The summed E-state index contributed by atoms with van der Waals surface area (Å²) in [6, 6.07) is 5.22. The van der Waals surface area contributed by atoms with Gasteiger partial charge < -0.3 is 15.4 Å². The molecule has 0 saturated carbocycles. The summed E-state index contributed by atoms with van der Waals surface area (Å²) in [4.78, 5) is 13.5. The number of nitrogens with one attached hydrogen (secondary N) is 1. The molecular weight excluding hydrogens is 198 g/mol. The number of rotatable bonds is 2. The van der Waals surface area contributed by atoms with Gasteiger partial charge in [0.05, 0.1) is 5.52 Å². The summed E-state index contributed by atoms with van der Waals surface area (Å²) in [7, 11) is 0. The number of hydrogen-bond acceptors (Lipinski definition) is 4. The Bertz CT molecular complexity index is 567. The Morgan fingerprint density at radius 3 is 3.13 bits per heavy atom. The van der Waals surface area contributed by atoms with Crippen LogP contribution in [0.4, 0.5) is 0 Å². The third-order valence-electron chi connectivity index (χ3n) is 2.03. The molecule has 0 aliphatic heterocycles. The molecular formula is C9H9N3O3. The van der Waals surface area contributed by atoms with Crippen molar-refractivity contribution in [1.29, 1.82) is 0 Å². The molecule has 0 atom stereocenters. The zero-order valence-electron chi connectivity index (χ0n) is 7.73. The number of nitrogens with zero attached hydrogens (tertiary/aromatic N) is 1. The molecule has 2 rings (SSSR count). The van der Waals surface area contributed by atoms with Crippen LogP contribution in [0, 0.1) is 0 Å². The van der Waals surface area contributed by atoms with Crippen LogP contribution in [0.5, 0.6) is 0 Å². The fourth-order valence-corrected chi connectivity index (χ4v) is 1.40. The van der Waals surface area contributed by atoms with Gasteiger partial charge in [0.2, 0.25) is 0 Å². The zero-order valence-corrected chi connectivity index (χ0v) is 7.73. The lowest BCUT2D eigenvalue weighted by Gasteiger charge is -1.99. The summed E-state index contributed by atoms with van der Waals surface area (Å²) >= 11 is 0. The lowest BCUT2D eigenvalue weighted by atomic mass is 10.1. The molecule has 6 heteroatoms. The highest BCUT2D eigenvalue weighted by molar-refractivity contribution is 5.86. The zero-order chi connectivity index (χ0) is 10.8. The minimum Gasteiger partial charge on any atom is -0.409 e. The standard InChI is InChI=1S/C9H9N3O3/c10-7(12-14)4-5-2-1-3-6-8(5)15-9(13)11-6/h1-3,14H,4H2,(H2,10,12)(H,11,13). The van der Waals surface area contributed by atoms with Gasteiger partial charge in [-0.25, -0.2) is 4.79 Å². The maximum absolute atomic E-state index is 11.0. The van der Waals surface area contributed by atoms with Gasteiger partial charge in [0.15, 0.2) is 5.58 Å². The van der Waals surface area contributed by atoms with Crippen molar-refractivity contribution in [2.45, 2.75) is 6.42 Å². The summed E-state index contributed by atoms with van der Waals surface area (Å²) in [6.07, 6.45) is 0.231. The van der Waals surface area contributed by atoms with Crippen molar-refractivity contribution in [3.05, 3.63) is 34.3 Å². The molecule has 0 aliphatic rings. The number of fused-ring (bicyclic) bond motifs is 1. The van der Waals surface area contributed by atoms with E-state index in [1.165, 1.54) is 0 Å². The average molecular weight is 207 g/mol. The monoisotopic (exact) mass is 207 g/mol. The first-order valence-electron chi connectivity index (χ1n) is 4.28.